The first kappa shape index (κ1) is 21.9. The second-order valence-corrected chi connectivity index (χ2v) is 9.30. The number of carbonyl (C=O) groups is 1. The average Bonchev–Trinajstić information content (AvgIpc) is 2.60. The minimum Gasteiger partial charge on any atom is -0.495 e. The molecule has 2 rings (SSSR count). The maximum atomic E-state index is 12.7. The highest BCUT2D eigenvalue weighted by molar-refractivity contribution is 7.89. The van der Waals surface area contributed by atoms with Crippen molar-refractivity contribution in [3.8, 4) is 5.75 Å². The van der Waals surface area contributed by atoms with Crippen LogP contribution in [0.4, 0.5) is 0 Å². The van der Waals surface area contributed by atoms with E-state index in [9.17, 15) is 13.2 Å². The van der Waals surface area contributed by atoms with Crippen molar-refractivity contribution in [2.24, 2.45) is 0 Å². The predicted molar refractivity (Wildman–Crippen MR) is 110 cm³/mol. The molecule has 2 aromatic rings. The van der Waals surface area contributed by atoms with Crippen molar-refractivity contribution in [3.63, 3.8) is 0 Å². The van der Waals surface area contributed by atoms with Gasteiger partial charge in [0.25, 0.3) is 5.91 Å². The van der Waals surface area contributed by atoms with Crippen LogP contribution in [0, 0.1) is 6.92 Å². The molecule has 0 aliphatic rings. The van der Waals surface area contributed by atoms with Gasteiger partial charge in [-0.05, 0) is 63.4 Å². The van der Waals surface area contributed by atoms with Crippen LogP contribution in [0.25, 0.3) is 0 Å². The van der Waals surface area contributed by atoms with E-state index < -0.39 is 15.6 Å². The predicted octanol–water partition coefficient (Wildman–Crippen LogP) is 3.05. The number of hydrogen-bond donors (Lipinski definition) is 2. The van der Waals surface area contributed by atoms with Crippen molar-refractivity contribution < 1.29 is 17.9 Å². The minimum absolute atomic E-state index is 0.0588. The van der Waals surface area contributed by atoms with E-state index in [4.69, 9.17) is 4.74 Å². The van der Waals surface area contributed by atoms with Crippen molar-refractivity contribution in [1.82, 2.24) is 10.0 Å². The molecule has 6 nitrogen and oxygen atoms in total. The fraction of sp³-hybridized carbons (Fsp3) is 0.381. The highest BCUT2D eigenvalue weighted by atomic mass is 32.2. The van der Waals surface area contributed by atoms with Gasteiger partial charge in [0, 0.05) is 17.6 Å². The Morgan fingerprint density at radius 1 is 1.11 bits per heavy atom. The second kappa shape index (κ2) is 8.75. The zero-order valence-corrected chi connectivity index (χ0v) is 17.8. The Bertz CT molecular complexity index is 947. The smallest absolute Gasteiger partial charge is 0.251 e. The fourth-order valence-corrected chi connectivity index (χ4v) is 4.40. The Labute approximate surface area is 167 Å². The molecule has 0 spiro atoms. The van der Waals surface area contributed by atoms with Crippen LogP contribution in [0.2, 0.25) is 0 Å². The molecule has 0 bridgehead atoms. The van der Waals surface area contributed by atoms with Gasteiger partial charge in [-0.2, -0.15) is 0 Å². The molecule has 1 amide bonds. The van der Waals surface area contributed by atoms with E-state index in [0.29, 0.717) is 13.0 Å². The van der Waals surface area contributed by atoms with E-state index >= 15 is 0 Å². The number of hydrogen-bond acceptors (Lipinski definition) is 4. The summed E-state index contributed by atoms with van der Waals surface area (Å²) in [6.45, 7) is 7.73. The van der Waals surface area contributed by atoms with Crippen LogP contribution in [-0.4, -0.2) is 33.5 Å². The van der Waals surface area contributed by atoms with Gasteiger partial charge in [-0.1, -0.05) is 24.3 Å². The summed E-state index contributed by atoms with van der Waals surface area (Å²) >= 11 is 0. The van der Waals surface area contributed by atoms with Crippen LogP contribution >= 0.6 is 0 Å². The van der Waals surface area contributed by atoms with Gasteiger partial charge in [-0.15, -0.1) is 0 Å². The fourth-order valence-electron chi connectivity index (χ4n) is 2.79. The van der Waals surface area contributed by atoms with Crippen LogP contribution in [-0.2, 0) is 16.4 Å². The molecule has 2 aromatic carbocycles. The number of ether oxygens (including phenoxy) is 1. The number of carbonyl (C=O) groups excluding carboxylic acids is 1. The summed E-state index contributed by atoms with van der Waals surface area (Å²) < 4.78 is 33.2. The molecule has 0 heterocycles. The number of amides is 1. The van der Waals surface area contributed by atoms with Crippen LogP contribution in [0.1, 0.15) is 42.3 Å². The summed E-state index contributed by atoms with van der Waals surface area (Å²) in [6.07, 6.45) is 0.700. The van der Waals surface area contributed by atoms with Gasteiger partial charge in [0.15, 0.2) is 0 Å². The second-order valence-electron chi connectivity index (χ2n) is 7.65. The van der Waals surface area contributed by atoms with E-state index in [1.165, 1.54) is 24.8 Å². The number of sulfonamides is 1. The largest absolute Gasteiger partial charge is 0.495 e. The summed E-state index contributed by atoms with van der Waals surface area (Å²) in [5.74, 6) is -0.142. The third-order valence-corrected chi connectivity index (χ3v) is 5.88. The van der Waals surface area contributed by atoms with Gasteiger partial charge < -0.3 is 10.1 Å². The van der Waals surface area contributed by atoms with E-state index in [2.05, 4.69) is 10.0 Å². The highest BCUT2D eigenvalue weighted by Gasteiger charge is 2.26. The third kappa shape index (κ3) is 5.81. The summed E-state index contributed by atoms with van der Waals surface area (Å²) in [5, 5.41) is 2.84. The van der Waals surface area contributed by atoms with Crippen LogP contribution in [0.15, 0.2) is 47.4 Å². The molecular formula is C21H28N2O4S. The van der Waals surface area contributed by atoms with Crippen molar-refractivity contribution >= 4 is 15.9 Å². The zero-order valence-electron chi connectivity index (χ0n) is 17.0. The van der Waals surface area contributed by atoms with Crippen LogP contribution < -0.4 is 14.8 Å². The lowest BCUT2D eigenvalue weighted by molar-refractivity contribution is 0.0954. The van der Waals surface area contributed by atoms with Crippen molar-refractivity contribution in [2.75, 3.05) is 13.7 Å². The van der Waals surface area contributed by atoms with Crippen molar-refractivity contribution in [2.45, 2.75) is 44.6 Å². The zero-order chi connectivity index (χ0) is 20.9. The first-order valence-electron chi connectivity index (χ1n) is 9.08. The topological polar surface area (TPSA) is 84.5 Å². The molecule has 0 aromatic heterocycles. The standard InChI is InChI=1S/C21H28N2O4S/c1-15-8-6-7-9-16(15)12-13-22-20(24)17-10-11-18(27-5)19(14-17)28(25,26)23-21(2,3)4/h6-11,14,23H,12-13H2,1-5H3,(H,22,24). The molecule has 0 fully saturated rings. The Balaban J connectivity index is 2.17. The molecule has 2 N–H and O–H groups in total. The maximum absolute atomic E-state index is 12.7. The lowest BCUT2D eigenvalue weighted by Gasteiger charge is -2.21. The van der Waals surface area contributed by atoms with E-state index in [0.717, 1.165) is 5.56 Å². The molecule has 0 aliphatic carbocycles. The van der Waals surface area contributed by atoms with Gasteiger partial charge >= 0.3 is 0 Å². The lowest BCUT2D eigenvalue weighted by atomic mass is 10.1. The number of aryl methyl sites for hydroxylation is 1. The lowest BCUT2D eigenvalue weighted by Crippen LogP contribution is -2.40. The Morgan fingerprint density at radius 2 is 1.79 bits per heavy atom. The van der Waals surface area contributed by atoms with Crippen LogP contribution in [0.3, 0.4) is 0 Å². The van der Waals surface area contributed by atoms with Gasteiger partial charge in [0.2, 0.25) is 10.0 Å². The van der Waals surface area contributed by atoms with Crippen molar-refractivity contribution in [1.29, 1.82) is 0 Å². The van der Waals surface area contributed by atoms with Gasteiger partial charge in [0.1, 0.15) is 10.6 Å². The maximum Gasteiger partial charge on any atom is 0.251 e. The Kier molecular flexibility index (Phi) is 6.85. The first-order valence-corrected chi connectivity index (χ1v) is 10.6. The third-order valence-electron chi connectivity index (χ3n) is 4.10. The summed E-state index contributed by atoms with van der Waals surface area (Å²) in [6, 6.07) is 12.4. The molecule has 152 valence electrons. The number of benzene rings is 2. The SMILES string of the molecule is COc1ccc(C(=O)NCCc2ccccc2C)cc1S(=O)(=O)NC(C)(C)C. The van der Waals surface area contributed by atoms with Gasteiger partial charge in [-0.3, -0.25) is 4.79 Å². The molecule has 7 heteroatoms. The summed E-state index contributed by atoms with van der Waals surface area (Å²) in [7, 11) is -2.44. The first-order chi connectivity index (χ1) is 13.0. The number of methoxy groups -OCH3 is 1. The summed E-state index contributed by atoms with van der Waals surface area (Å²) in [5.41, 5.74) is 1.94. The van der Waals surface area contributed by atoms with Gasteiger partial charge in [-0.25, -0.2) is 13.1 Å². The molecule has 28 heavy (non-hydrogen) atoms. The average molecular weight is 405 g/mol. The van der Waals surface area contributed by atoms with Crippen LogP contribution in [0.5, 0.6) is 5.75 Å². The van der Waals surface area contributed by atoms with E-state index in [-0.39, 0.29) is 22.1 Å². The minimum atomic E-state index is -3.84. The Morgan fingerprint density at radius 3 is 2.39 bits per heavy atom. The highest BCUT2D eigenvalue weighted by Crippen LogP contribution is 2.26. The number of rotatable bonds is 7. The molecule has 0 radical (unpaired) electrons. The molecular weight excluding hydrogens is 376 g/mol. The van der Waals surface area contributed by atoms with E-state index in [1.807, 2.05) is 31.2 Å². The molecule has 0 unspecified atom stereocenters. The molecule has 0 saturated heterocycles. The molecule has 0 aliphatic heterocycles. The molecule has 0 atom stereocenters. The quantitative estimate of drug-likeness (QED) is 0.743. The van der Waals surface area contributed by atoms with E-state index in [1.54, 1.807) is 26.8 Å². The number of nitrogens with one attached hydrogen (secondary N) is 2. The Hall–Kier alpha value is -2.38. The molecule has 0 saturated carbocycles. The van der Waals surface area contributed by atoms with Gasteiger partial charge in [0.05, 0.1) is 7.11 Å². The summed E-state index contributed by atoms with van der Waals surface area (Å²) in [4.78, 5) is 12.5. The van der Waals surface area contributed by atoms with Crippen molar-refractivity contribution in [3.05, 3.63) is 59.2 Å². The monoisotopic (exact) mass is 404 g/mol. The normalized spacial score (nSPS) is 11.9.